The van der Waals surface area contributed by atoms with Crippen LogP contribution in [0.5, 0.6) is 0 Å². The number of carbonyl (C=O) groups excluding carboxylic acids is 2. The summed E-state index contributed by atoms with van der Waals surface area (Å²) in [4.78, 5) is 28.6. The molecule has 2 heterocycles. The van der Waals surface area contributed by atoms with E-state index in [9.17, 15) is 9.59 Å². The number of carbonyl (C=O) groups is 2. The van der Waals surface area contributed by atoms with Crippen LogP contribution in [0.3, 0.4) is 0 Å². The molecule has 2 amide bonds. The van der Waals surface area contributed by atoms with Gasteiger partial charge in [-0.05, 0) is 38.5 Å². The van der Waals surface area contributed by atoms with Crippen molar-refractivity contribution in [1.29, 1.82) is 0 Å². The quantitative estimate of drug-likeness (QED) is 0.843. The summed E-state index contributed by atoms with van der Waals surface area (Å²) in [5.41, 5.74) is 5.89. The van der Waals surface area contributed by atoms with Crippen molar-refractivity contribution < 1.29 is 9.59 Å². The lowest BCUT2D eigenvalue weighted by atomic mass is 9.98. The monoisotopic (exact) mass is 281 g/mol. The summed E-state index contributed by atoms with van der Waals surface area (Å²) >= 11 is 0. The molecule has 0 bridgehead atoms. The van der Waals surface area contributed by atoms with Gasteiger partial charge in [-0.1, -0.05) is 6.92 Å². The van der Waals surface area contributed by atoms with Crippen LogP contribution < -0.4 is 5.73 Å². The van der Waals surface area contributed by atoms with Crippen molar-refractivity contribution in [3.05, 3.63) is 0 Å². The zero-order valence-electron chi connectivity index (χ0n) is 12.5. The van der Waals surface area contributed by atoms with Crippen LogP contribution in [0.2, 0.25) is 0 Å². The molecule has 1 unspecified atom stereocenters. The van der Waals surface area contributed by atoms with Crippen LogP contribution in [-0.2, 0) is 9.59 Å². The number of amides is 2. The van der Waals surface area contributed by atoms with E-state index < -0.39 is 0 Å². The van der Waals surface area contributed by atoms with Crippen molar-refractivity contribution in [3.63, 3.8) is 0 Å². The smallest absolute Gasteiger partial charge is 0.245 e. The highest BCUT2D eigenvalue weighted by Gasteiger charge is 2.35. The number of nitrogens with zero attached hydrogens (tertiary/aromatic N) is 2. The van der Waals surface area contributed by atoms with E-state index >= 15 is 0 Å². The van der Waals surface area contributed by atoms with Gasteiger partial charge in [-0.3, -0.25) is 9.59 Å². The Kier molecular flexibility index (Phi) is 5.40. The number of likely N-dealkylation sites (tertiary alicyclic amines) is 2. The van der Waals surface area contributed by atoms with E-state index in [0.717, 1.165) is 58.2 Å². The number of piperidine rings is 2. The molecule has 0 aromatic rings. The number of nitrogens with two attached hydrogens (primary N) is 1. The zero-order valence-corrected chi connectivity index (χ0v) is 12.5. The first-order valence-corrected chi connectivity index (χ1v) is 7.97. The highest BCUT2D eigenvalue weighted by atomic mass is 16.2. The lowest BCUT2D eigenvalue weighted by Gasteiger charge is -2.39. The molecule has 0 aromatic carbocycles. The molecule has 2 aliphatic heterocycles. The van der Waals surface area contributed by atoms with Crippen LogP contribution >= 0.6 is 0 Å². The van der Waals surface area contributed by atoms with Gasteiger partial charge in [-0.25, -0.2) is 0 Å². The maximum atomic E-state index is 12.7. The summed E-state index contributed by atoms with van der Waals surface area (Å²) in [5.74, 6) is 0.278. The summed E-state index contributed by atoms with van der Waals surface area (Å²) in [6, 6.07) is 0.000330. The van der Waals surface area contributed by atoms with Crippen molar-refractivity contribution in [3.8, 4) is 0 Å². The second kappa shape index (κ2) is 7.07. The van der Waals surface area contributed by atoms with Crippen LogP contribution in [0.4, 0.5) is 0 Å². The van der Waals surface area contributed by atoms with Crippen LogP contribution in [0.1, 0.15) is 51.9 Å². The predicted octanol–water partition coefficient (Wildman–Crippen LogP) is 1.12. The van der Waals surface area contributed by atoms with Gasteiger partial charge in [0.05, 0.1) is 0 Å². The Balaban J connectivity index is 1.99. The van der Waals surface area contributed by atoms with Gasteiger partial charge in [-0.15, -0.1) is 0 Å². The van der Waals surface area contributed by atoms with Gasteiger partial charge in [0.1, 0.15) is 6.04 Å². The summed E-state index contributed by atoms with van der Waals surface area (Å²) < 4.78 is 0. The zero-order chi connectivity index (χ0) is 14.5. The Labute approximate surface area is 121 Å². The maximum absolute atomic E-state index is 12.7. The Bertz CT molecular complexity index is 351. The van der Waals surface area contributed by atoms with Crippen molar-refractivity contribution in [2.24, 2.45) is 5.73 Å². The molecule has 5 nitrogen and oxygen atoms in total. The van der Waals surface area contributed by atoms with Crippen molar-refractivity contribution in [1.82, 2.24) is 9.80 Å². The molecule has 2 aliphatic rings. The highest BCUT2D eigenvalue weighted by molar-refractivity contribution is 5.88. The molecule has 2 rings (SSSR count). The van der Waals surface area contributed by atoms with E-state index in [4.69, 9.17) is 5.73 Å². The molecule has 2 N–H and O–H groups in total. The Morgan fingerprint density at radius 2 is 1.80 bits per heavy atom. The van der Waals surface area contributed by atoms with E-state index in [0.29, 0.717) is 6.42 Å². The summed E-state index contributed by atoms with van der Waals surface area (Å²) in [6.07, 6.45) is 6.02. The second-order valence-electron chi connectivity index (χ2n) is 6.01. The lowest BCUT2D eigenvalue weighted by Crippen LogP contribution is -2.55. The fourth-order valence-electron chi connectivity index (χ4n) is 3.17. The minimum absolute atomic E-state index is 0.138. The maximum Gasteiger partial charge on any atom is 0.245 e. The van der Waals surface area contributed by atoms with Gasteiger partial charge in [0.15, 0.2) is 0 Å². The van der Waals surface area contributed by atoms with Crippen LogP contribution in [0.15, 0.2) is 0 Å². The van der Waals surface area contributed by atoms with Gasteiger partial charge in [0.25, 0.3) is 0 Å². The molecular formula is C15H27N3O2. The van der Waals surface area contributed by atoms with Crippen LogP contribution in [0.25, 0.3) is 0 Å². The predicted molar refractivity (Wildman–Crippen MR) is 78.0 cm³/mol. The largest absolute Gasteiger partial charge is 0.341 e. The third-order valence-corrected chi connectivity index (χ3v) is 4.42. The van der Waals surface area contributed by atoms with Gasteiger partial charge in [-0.2, -0.15) is 0 Å². The Hall–Kier alpha value is -1.10. The molecule has 1 atom stereocenters. The molecule has 0 aromatic heterocycles. The Morgan fingerprint density at radius 3 is 2.45 bits per heavy atom. The number of hydrogen-bond acceptors (Lipinski definition) is 3. The number of hydrogen-bond donors (Lipinski definition) is 1. The van der Waals surface area contributed by atoms with E-state index in [1.165, 1.54) is 0 Å². The first kappa shape index (κ1) is 15.3. The van der Waals surface area contributed by atoms with Gasteiger partial charge >= 0.3 is 0 Å². The van der Waals surface area contributed by atoms with Crippen LogP contribution in [-0.4, -0.2) is 53.3 Å². The summed E-state index contributed by atoms with van der Waals surface area (Å²) in [7, 11) is 0. The van der Waals surface area contributed by atoms with Gasteiger partial charge in [0.2, 0.25) is 11.8 Å². The molecule has 0 radical (unpaired) electrons. The van der Waals surface area contributed by atoms with Crippen LogP contribution in [0, 0.1) is 0 Å². The molecule has 20 heavy (non-hydrogen) atoms. The minimum atomic E-state index is -0.225. The van der Waals surface area contributed by atoms with Crippen molar-refractivity contribution >= 4 is 11.8 Å². The van der Waals surface area contributed by atoms with E-state index in [2.05, 4.69) is 0 Å². The standard InChI is InChI=1S/C15H27N3O2/c1-2-5-14(19)18-9-4-3-6-13(18)15(20)17-10-7-12(16)8-11-17/h12-13H,2-11,16H2,1H3. The summed E-state index contributed by atoms with van der Waals surface area (Å²) in [6.45, 7) is 4.23. The molecule has 2 saturated heterocycles. The van der Waals surface area contributed by atoms with E-state index in [1.807, 2.05) is 16.7 Å². The van der Waals surface area contributed by atoms with E-state index in [-0.39, 0.29) is 23.9 Å². The highest BCUT2D eigenvalue weighted by Crippen LogP contribution is 2.22. The molecule has 0 saturated carbocycles. The fraction of sp³-hybridized carbons (Fsp3) is 0.867. The lowest BCUT2D eigenvalue weighted by molar-refractivity contribution is -0.148. The molecule has 2 fully saturated rings. The third-order valence-electron chi connectivity index (χ3n) is 4.42. The van der Waals surface area contributed by atoms with Crippen molar-refractivity contribution in [2.45, 2.75) is 64.0 Å². The Morgan fingerprint density at radius 1 is 1.10 bits per heavy atom. The first-order chi connectivity index (χ1) is 9.63. The third kappa shape index (κ3) is 3.51. The normalized spacial score (nSPS) is 24.8. The average Bonchev–Trinajstić information content (AvgIpc) is 2.47. The molecule has 5 heteroatoms. The average molecular weight is 281 g/mol. The molecular weight excluding hydrogens is 254 g/mol. The second-order valence-corrected chi connectivity index (χ2v) is 6.01. The molecule has 0 spiro atoms. The minimum Gasteiger partial charge on any atom is -0.341 e. The molecule has 114 valence electrons. The summed E-state index contributed by atoms with van der Waals surface area (Å²) in [5, 5.41) is 0. The van der Waals surface area contributed by atoms with Crippen molar-refractivity contribution in [2.75, 3.05) is 19.6 Å². The first-order valence-electron chi connectivity index (χ1n) is 7.97. The fourth-order valence-corrected chi connectivity index (χ4v) is 3.17. The van der Waals surface area contributed by atoms with E-state index in [1.54, 1.807) is 0 Å². The topological polar surface area (TPSA) is 66.6 Å². The molecule has 0 aliphatic carbocycles. The number of rotatable bonds is 3. The SMILES string of the molecule is CCCC(=O)N1CCCCC1C(=O)N1CCC(N)CC1. The van der Waals surface area contributed by atoms with Gasteiger partial charge < -0.3 is 15.5 Å². The van der Waals surface area contributed by atoms with Gasteiger partial charge in [0, 0.05) is 32.1 Å².